The maximum atomic E-state index is 5.39. The van der Waals surface area contributed by atoms with Crippen LogP contribution in [0, 0.1) is 6.92 Å². The fourth-order valence-electron chi connectivity index (χ4n) is 1.40. The summed E-state index contributed by atoms with van der Waals surface area (Å²) in [6.07, 6.45) is 2.42. The van der Waals surface area contributed by atoms with Crippen LogP contribution in [0.1, 0.15) is 16.9 Å². The summed E-state index contributed by atoms with van der Waals surface area (Å²) in [7, 11) is 0. The Morgan fingerprint density at radius 2 is 2.14 bits per heavy atom. The van der Waals surface area contributed by atoms with Gasteiger partial charge in [0.1, 0.15) is 5.76 Å². The molecule has 3 nitrogen and oxygen atoms in total. The smallest absolute Gasteiger partial charge is 0.292 e. The third-order valence-electron chi connectivity index (χ3n) is 2.20. The Balaban J connectivity index is 2.23. The van der Waals surface area contributed by atoms with Crippen LogP contribution >= 0.6 is 0 Å². The molecule has 2 aromatic rings. The van der Waals surface area contributed by atoms with E-state index < -0.39 is 0 Å². The molecule has 0 saturated carbocycles. The van der Waals surface area contributed by atoms with Crippen LogP contribution in [0.3, 0.4) is 0 Å². The van der Waals surface area contributed by atoms with Gasteiger partial charge in [-0.15, -0.1) is 0 Å². The van der Waals surface area contributed by atoms with E-state index in [1.165, 1.54) is 11.1 Å². The van der Waals surface area contributed by atoms with Crippen LogP contribution in [0.2, 0.25) is 0 Å². The molecule has 0 saturated heterocycles. The fourth-order valence-corrected chi connectivity index (χ4v) is 1.40. The Bertz CT molecular complexity index is 434. The standard InChI is InChI=1S/C11H12N2O/c1-8-4-2-3-5-9(8)6-10-7-13-11(12)14-10/h2-5,7H,6H2,1H3,(H2,12,13). The van der Waals surface area contributed by atoms with Crippen molar-refractivity contribution in [1.82, 2.24) is 4.98 Å². The zero-order chi connectivity index (χ0) is 9.97. The largest absolute Gasteiger partial charge is 0.429 e. The highest BCUT2D eigenvalue weighted by atomic mass is 16.4. The van der Waals surface area contributed by atoms with Crippen molar-refractivity contribution in [3.63, 3.8) is 0 Å². The Labute approximate surface area is 82.6 Å². The maximum Gasteiger partial charge on any atom is 0.292 e. The van der Waals surface area contributed by atoms with Gasteiger partial charge in [0.2, 0.25) is 0 Å². The van der Waals surface area contributed by atoms with Crippen molar-refractivity contribution in [1.29, 1.82) is 0 Å². The van der Waals surface area contributed by atoms with Gasteiger partial charge in [-0.2, -0.15) is 0 Å². The quantitative estimate of drug-likeness (QED) is 0.785. The van der Waals surface area contributed by atoms with E-state index in [4.69, 9.17) is 10.2 Å². The second-order valence-electron chi connectivity index (χ2n) is 3.27. The Hall–Kier alpha value is -1.77. The van der Waals surface area contributed by atoms with Gasteiger partial charge in [-0.3, -0.25) is 0 Å². The first kappa shape index (κ1) is 8.81. The number of hydrogen-bond donors (Lipinski definition) is 1. The molecule has 1 aromatic carbocycles. The summed E-state index contributed by atoms with van der Waals surface area (Å²) in [5, 5.41) is 0. The highest BCUT2D eigenvalue weighted by molar-refractivity contribution is 5.29. The van der Waals surface area contributed by atoms with Gasteiger partial charge < -0.3 is 10.2 Å². The van der Waals surface area contributed by atoms with Gasteiger partial charge in [-0.25, -0.2) is 4.98 Å². The summed E-state index contributed by atoms with van der Waals surface area (Å²) in [4.78, 5) is 3.85. The molecule has 0 radical (unpaired) electrons. The lowest BCUT2D eigenvalue weighted by atomic mass is 10.1. The Morgan fingerprint density at radius 1 is 1.36 bits per heavy atom. The van der Waals surface area contributed by atoms with Crippen molar-refractivity contribution < 1.29 is 4.42 Å². The molecule has 0 unspecified atom stereocenters. The summed E-state index contributed by atoms with van der Waals surface area (Å²) in [6.45, 7) is 2.08. The summed E-state index contributed by atoms with van der Waals surface area (Å²) >= 11 is 0. The van der Waals surface area contributed by atoms with Crippen LogP contribution in [0.4, 0.5) is 6.01 Å². The lowest BCUT2D eigenvalue weighted by molar-refractivity contribution is 0.534. The normalized spacial score (nSPS) is 10.4. The minimum absolute atomic E-state index is 0.230. The van der Waals surface area contributed by atoms with Gasteiger partial charge in [-0.1, -0.05) is 24.3 Å². The third kappa shape index (κ3) is 1.76. The van der Waals surface area contributed by atoms with Crippen LogP contribution in [-0.4, -0.2) is 4.98 Å². The van der Waals surface area contributed by atoms with Crippen LogP contribution in [0.25, 0.3) is 0 Å². The van der Waals surface area contributed by atoms with Gasteiger partial charge >= 0.3 is 0 Å². The molecule has 0 atom stereocenters. The number of benzene rings is 1. The second-order valence-corrected chi connectivity index (χ2v) is 3.27. The van der Waals surface area contributed by atoms with E-state index in [0.29, 0.717) is 0 Å². The number of hydrogen-bond acceptors (Lipinski definition) is 3. The predicted molar refractivity (Wildman–Crippen MR) is 54.9 cm³/mol. The van der Waals surface area contributed by atoms with Gasteiger partial charge in [0, 0.05) is 6.42 Å². The maximum absolute atomic E-state index is 5.39. The van der Waals surface area contributed by atoms with Crippen molar-refractivity contribution in [2.45, 2.75) is 13.3 Å². The Kier molecular flexibility index (Phi) is 2.23. The van der Waals surface area contributed by atoms with E-state index in [1.54, 1.807) is 6.20 Å². The molecule has 0 spiro atoms. The second kappa shape index (κ2) is 3.54. The van der Waals surface area contributed by atoms with Crippen molar-refractivity contribution in [3.8, 4) is 0 Å². The number of anilines is 1. The molecule has 0 aliphatic heterocycles. The molecule has 2 rings (SSSR count). The van der Waals surface area contributed by atoms with E-state index in [1.807, 2.05) is 12.1 Å². The topological polar surface area (TPSA) is 52.0 Å². The SMILES string of the molecule is Cc1ccccc1Cc1cnc(N)o1. The summed E-state index contributed by atoms with van der Waals surface area (Å²) in [5.74, 6) is 0.803. The number of nitrogens with two attached hydrogens (primary N) is 1. The van der Waals surface area contributed by atoms with Crippen LogP contribution < -0.4 is 5.73 Å². The molecule has 0 aliphatic rings. The first-order valence-corrected chi connectivity index (χ1v) is 4.50. The van der Waals surface area contributed by atoms with Crippen LogP contribution in [-0.2, 0) is 6.42 Å². The molecule has 0 amide bonds. The highest BCUT2D eigenvalue weighted by Gasteiger charge is 2.03. The summed E-state index contributed by atoms with van der Waals surface area (Å²) < 4.78 is 5.21. The molecule has 1 aromatic heterocycles. The van der Waals surface area contributed by atoms with Crippen molar-refractivity contribution in [2.24, 2.45) is 0 Å². The molecular weight excluding hydrogens is 176 g/mol. The lowest BCUT2D eigenvalue weighted by Gasteiger charge is -2.01. The number of oxazole rings is 1. The first-order chi connectivity index (χ1) is 6.75. The zero-order valence-corrected chi connectivity index (χ0v) is 8.03. The van der Waals surface area contributed by atoms with Crippen LogP contribution in [0.15, 0.2) is 34.9 Å². The molecule has 2 N–H and O–H groups in total. The molecule has 0 bridgehead atoms. The molecule has 72 valence electrons. The van der Waals surface area contributed by atoms with E-state index >= 15 is 0 Å². The number of rotatable bonds is 2. The van der Waals surface area contributed by atoms with E-state index in [-0.39, 0.29) is 6.01 Å². The molecule has 3 heteroatoms. The van der Waals surface area contributed by atoms with E-state index in [0.717, 1.165) is 12.2 Å². The number of nitrogen functional groups attached to an aromatic ring is 1. The summed E-state index contributed by atoms with van der Waals surface area (Å²) in [6, 6.07) is 8.42. The average Bonchev–Trinajstić information content (AvgIpc) is 2.56. The fraction of sp³-hybridized carbons (Fsp3) is 0.182. The van der Waals surface area contributed by atoms with E-state index in [9.17, 15) is 0 Å². The minimum Gasteiger partial charge on any atom is -0.429 e. The number of nitrogens with zero attached hydrogens (tertiary/aromatic N) is 1. The monoisotopic (exact) mass is 188 g/mol. The zero-order valence-electron chi connectivity index (χ0n) is 8.03. The highest BCUT2D eigenvalue weighted by Crippen LogP contribution is 2.14. The average molecular weight is 188 g/mol. The third-order valence-corrected chi connectivity index (χ3v) is 2.20. The summed E-state index contributed by atoms with van der Waals surface area (Å²) in [5.41, 5.74) is 7.88. The Morgan fingerprint density at radius 3 is 2.79 bits per heavy atom. The van der Waals surface area contributed by atoms with Gasteiger partial charge in [0.15, 0.2) is 0 Å². The molecule has 0 aliphatic carbocycles. The lowest BCUT2D eigenvalue weighted by Crippen LogP contribution is -1.89. The number of aryl methyl sites for hydroxylation is 1. The van der Waals surface area contributed by atoms with Crippen molar-refractivity contribution in [3.05, 3.63) is 47.3 Å². The van der Waals surface area contributed by atoms with Gasteiger partial charge in [-0.05, 0) is 18.1 Å². The van der Waals surface area contributed by atoms with Gasteiger partial charge in [0.05, 0.1) is 6.20 Å². The minimum atomic E-state index is 0.230. The molecule has 0 fully saturated rings. The molecule has 14 heavy (non-hydrogen) atoms. The predicted octanol–water partition coefficient (Wildman–Crippen LogP) is 2.16. The first-order valence-electron chi connectivity index (χ1n) is 4.50. The molecule has 1 heterocycles. The number of aromatic nitrogens is 1. The van der Waals surface area contributed by atoms with Gasteiger partial charge in [0.25, 0.3) is 6.01 Å². The van der Waals surface area contributed by atoms with Crippen molar-refractivity contribution >= 4 is 6.01 Å². The van der Waals surface area contributed by atoms with Crippen LogP contribution in [0.5, 0.6) is 0 Å². The molecular formula is C11H12N2O. The van der Waals surface area contributed by atoms with Crippen molar-refractivity contribution in [2.75, 3.05) is 5.73 Å². The van der Waals surface area contributed by atoms with E-state index in [2.05, 4.69) is 24.0 Å².